The Morgan fingerprint density at radius 2 is 1.77 bits per heavy atom. The number of halogens is 3. The van der Waals surface area contributed by atoms with Gasteiger partial charge in [-0.05, 0) is 87.1 Å². The highest BCUT2D eigenvalue weighted by atomic mass is 35.5. The summed E-state index contributed by atoms with van der Waals surface area (Å²) in [5.74, 6) is 0.540. The van der Waals surface area contributed by atoms with Crippen molar-refractivity contribution < 1.29 is 23.2 Å². The number of nitrogens with zero attached hydrogens (tertiary/aromatic N) is 2. The summed E-state index contributed by atoms with van der Waals surface area (Å²) in [6.45, 7) is 0.414. The van der Waals surface area contributed by atoms with Crippen molar-refractivity contribution >= 4 is 34.9 Å². The van der Waals surface area contributed by atoms with Crippen LogP contribution in [0.2, 0.25) is 10.0 Å². The topological polar surface area (TPSA) is 64.8 Å². The van der Waals surface area contributed by atoms with Gasteiger partial charge in [-0.3, -0.25) is 0 Å². The zero-order valence-electron chi connectivity index (χ0n) is 22.3. The van der Waals surface area contributed by atoms with Gasteiger partial charge in [-0.2, -0.15) is 0 Å². The summed E-state index contributed by atoms with van der Waals surface area (Å²) < 4.78 is 32.1. The smallest absolute Gasteiger partial charge is 0.337 e. The van der Waals surface area contributed by atoms with Crippen LogP contribution in [0.5, 0.6) is 0 Å². The number of ether oxygens (including phenoxy) is 2. The van der Waals surface area contributed by atoms with Crippen molar-refractivity contribution in [2.75, 3.05) is 12.0 Å². The molecule has 1 spiro atoms. The molecule has 6 nitrogen and oxygen atoms in total. The van der Waals surface area contributed by atoms with Crippen LogP contribution in [0.3, 0.4) is 0 Å². The Hall–Kier alpha value is -2.61. The molecule has 3 aromatic rings. The number of hydrogen-bond acceptors (Lipinski definition) is 6. The number of fused-ring (bicyclic) bond motifs is 2. The number of methoxy groups -OCH3 is 1. The number of hydrogen-bond donors (Lipinski definition) is 0. The maximum atomic E-state index is 14.9. The molecule has 0 amide bonds. The van der Waals surface area contributed by atoms with E-state index in [0.29, 0.717) is 45.1 Å². The van der Waals surface area contributed by atoms with Crippen LogP contribution in [0.1, 0.15) is 79.0 Å². The molecule has 2 aliphatic heterocycles. The van der Waals surface area contributed by atoms with Crippen LogP contribution in [0, 0.1) is 11.2 Å². The van der Waals surface area contributed by atoms with E-state index in [0.717, 1.165) is 62.7 Å². The van der Waals surface area contributed by atoms with E-state index in [1.165, 1.54) is 19.2 Å². The van der Waals surface area contributed by atoms with E-state index in [9.17, 15) is 9.18 Å². The SMILES string of the molecule is COC(=O)c1ccc(F)c(N2[C@@H]3CC[C@H]2CC2(CC(OCc4c(-c5c(Cl)cccc5Cl)noc4C4CC4)C2)C3)c1. The van der Waals surface area contributed by atoms with Crippen molar-refractivity contribution in [1.29, 1.82) is 0 Å². The minimum absolute atomic E-state index is 0.154. The monoisotopic (exact) mass is 584 g/mol. The Balaban J connectivity index is 1.04. The van der Waals surface area contributed by atoms with Crippen molar-refractivity contribution in [3.63, 3.8) is 0 Å². The average molecular weight is 586 g/mol. The van der Waals surface area contributed by atoms with Gasteiger partial charge in [0, 0.05) is 29.1 Å². The zero-order chi connectivity index (χ0) is 27.6. The summed E-state index contributed by atoms with van der Waals surface area (Å²) in [5, 5.41) is 5.47. The number of carbonyl (C=O) groups excluding carboxylic acids is 1. The molecule has 210 valence electrons. The number of rotatable bonds is 7. The molecule has 7 rings (SSSR count). The second-order valence-corrected chi connectivity index (χ2v) is 12.8. The lowest BCUT2D eigenvalue weighted by Crippen LogP contribution is -2.54. The standard InChI is InChI=1S/C31H31Cl2FN2O4/c1-38-30(37)18-7-10-25(34)26(11-18)36-19-8-9-20(36)13-31(12-19)14-21(15-31)39-16-22-28(35-40-29(22)17-5-6-17)27-23(32)3-2-4-24(27)33/h2-4,7,10-11,17,19-21H,5-6,8-9,12-16H2,1H3/t19-,20+,21?,31?. The minimum Gasteiger partial charge on any atom is -0.465 e. The molecule has 2 atom stereocenters. The van der Waals surface area contributed by atoms with Gasteiger partial charge in [0.2, 0.25) is 0 Å². The van der Waals surface area contributed by atoms with Gasteiger partial charge in [0.05, 0.1) is 41.1 Å². The van der Waals surface area contributed by atoms with E-state index in [1.54, 1.807) is 6.07 Å². The molecular weight excluding hydrogens is 554 g/mol. The summed E-state index contributed by atoms with van der Waals surface area (Å²) >= 11 is 13.0. The number of benzene rings is 2. The van der Waals surface area contributed by atoms with Crippen molar-refractivity contribution in [3.8, 4) is 11.3 Å². The van der Waals surface area contributed by atoms with Crippen molar-refractivity contribution in [2.45, 2.75) is 82.1 Å². The zero-order valence-corrected chi connectivity index (χ0v) is 23.8. The van der Waals surface area contributed by atoms with Crippen molar-refractivity contribution in [2.24, 2.45) is 5.41 Å². The Bertz CT molecular complexity index is 1430. The number of esters is 1. The molecule has 2 bridgehead atoms. The fraction of sp³-hybridized carbons (Fsp3) is 0.484. The lowest BCUT2D eigenvalue weighted by molar-refractivity contribution is -0.104. The molecule has 2 saturated heterocycles. The number of anilines is 1. The first-order valence-electron chi connectivity index (χ1n) is 14.1. The molecule has 9 heteroatoms. The lowest BCUT2D eigenvalue weighted by atomic mass is 9.59. The van der Waals surface area contributed by atoms with Gasteiger partial charge in [-0.1, -0.05) is 34.4 Å². The summed E-state index contributed by atoms with van der Waals surface area (Å²) in [5.41, 5.74) is 3.43. The third kappa shape index (κ3) is 4.50. The fourth-order valence-corrected chi connectivity index (χ4v) is 7.98. The molecule has 0 radical (unpaired) electrons. The predicted molar refractivity (Wildman–Crippen MR) is 150 cm³/mol. The molecule has 0 unspecified atom stereocenters. The first kappa shape index (κ1) is 26.3. The van der Waals surface area contributed by atoms with Crippen LogP contribution in [-0.4, -0.2) is 36.4 Å². The molecule has 1 aromatic heterocycles. The molecule has 3 heterocycles. The summed E-state index contributed by atoms with van der Waals surface area (Å²) in [4.78, 5) is 14.3. The maximum Gasteiger partial charge on any atom is 0.337 e. The lowest BCUT2D eigenvalue weighted by Gasteiger charge is -2.55. The van der Waals surface area contributed by atoms with Gasteiger partial charge in [-0.15, -0.1) is 0 Å². The van der Waals surface area contributed by atoms with E-state index in [-0.39, 0.29) is 29.4 Å². The van der Waals surface area contributed by atoms with Crippen LogP contribution >= 0.6 is 23.2 Å². The fourth-order valence-electron chi connectivity index (χ4n) is 7.40. The summed E-state index contributed by atoms with van der Waals surface area (Å²) in [6.07, 6.45) is 8.40. The Morgan fingerprint density at radius 3 is 2.42 bits per heavy atom. The van der Waals surface area contributed by atoms with E-state index in [2.05, 4.69) is 10.1 Å². The van der Waals surface area contributed by atoms with Gasteiger partial charge in [0.1, 0.15) is 17.3 Å². The van der Waals surface area contributed by atoms with Crippen LogP contribution in [0.15, 0.2) is 40.9 Å². The third-order valence-electron chi connectivity index (χ3n) is 9.35. The predicted octanol–water partition coefficient (Wildman–Crippen LogP) is 7.95. The number of aromatic nitrogens is 1. The molecule has 2 aliphatic carbocycles. The van der Waals surface area contributed by atoms with Crippen LogP contribution in [0.25, 0.3) is 11.3 Å². The number of carbonyl (C=O) groups is 1. The summed E-state index contributed by atoms with van der Waals surface area (Å²) in [6, 6.07) is 10.5. The first-order chi connectivity index (χ1) is 19.4. The van der Waals surface area contributed by atoms with Crippen molar-refractivity contribution in [3.05, 3.63) is 69.1 Å². The first-order valence-corrected chi connectivity index (χ1v) is 14.8. The Morgan fingerprint density at radius 1 is 1.07 bits per heavy atom. The second kappa shape index (κ2) is 10.0. The van der Waals surface area contributed by atoms with Gasteiger partial charge < -0.3 is 18.9 Å². The van der Waals surface area contributed by atoms with E-state index >= 15 is 0 Å². The molecular formula is C31H31Cl2FN2O4. The quantitative estimate of drug-likeness (QED) is 0.262. The van der Waals surface area contributed by atoms with Crippen LogP contribution < -0.4 is 4.90 Å². The van der Waals surface area contributed by atoms with Crippen LogP contribution in [0.4, 0.5) is 10.1 Å². The van der Waals surface area contributed by atoms with E-state index in [4.69, 9.17) is 37.2 Å². The molecule has 2 saturated carbocycles. The van der Waals surface area contributed by atoms with Gasteiger partial charge >= 0.3 is 5.97 Å². The molecule has 40 heavy (non-hydrogen) atoms. The third-order valence-corrected chi connectivity index (χ3v) is 9.98. The highest BCUT2D eigenvalue weighted by Gasteiger charge is 2.55. The maximum absolute atomic E-state index is 14.9. The summed E-state index contributed by atoms with van der Waals surface area (Å²) in [7, 11) is 1.34. The van der Waals surface area contributed by atoms with E-state index in [1.807, 2.05) is 18.2 Å². The Kier molecular flexibility index (Phi) is 6.60. The second-order valence-electron chi connectivity index (χ2n) is 11.9. The van der Waals surface area contributed by atoms with Crippen LogP contribution in [-0.2, 0) is 16.1 Å². The molecule has 2 aromatic carbocycles. The highest BCUT2D eigenvalue weighted by Crippen LogP contribution is 2.58. The normalized spacial score (nSPS) is 27.2. The molecule has 4 aliphatic rings. The van der Waals surface area contributed by atoms with E-state index < -0.39 is 5.97 Å². The molecule has 0 N–H and O–H groups in total. The Labute approximate surface area is 242 Å². The number of piperidine rings is 1. The van der Waals surface area contributed by atoms with Crippen molar-refractivity contribution in [1.82, 2.24) is 5.16 Å². The van der Waals surface area contributed by atoms with Gasteiger partial charge in [0.15, 0.2) is 0 Å². The molecule has 4 fully saturated rings. The minimum atomic E-state index is -0.446. The average Bonchev–Trinajstić information content (AvgIpc) is 3.63. The van der Waals surface area contributed by atoms with Gasteiger partial charge in [0.25, 0.3) is 0 Å². The van der Waals surface area contributed by atoms with Gasteiger partial charge in [-0.25, -0.2) is 9.18 Å². The highest BCUT2D eigenvalue weighted by molar-refractivity contribution is 6.39. The largest absolute Gasteiger partial charge is 0.465 e.